The summed E-state index contributed by atoms with van der Waals surface area (Å²) in [5.74, 6) is -1.30. The van der Waals surface area contributed by atoms with Gasteiger partial charge in [-0.15, -0.1) is 0 Å². The van der Waals surface area contributed by atoms with Gasteiger partial charge in [0.2, 0.25) is 10.0 Å². The van der Waals surface area contributed by atoms with E-state index in [0.29, 0.717) is 5.56 Å². The van der Waals surface area contributed by atoms with Gasteiger partial charge in [-0.1, -0.05) is 18.2 Å². The topological polar surface area (TPSA) is 86.3 Å². The summed E-state index contributed by atoms with van der Waals surface area (Å²) in [6.07, 6.45) is 2.22. The Hall–Kier alpha value is -1.66. The zero-order valence-electron chi connectivity index (χ0n) is 11.0. The van der Waals surface area contributed by atoms with Gasteiger partial charge < -0.3 is 9.90 Å². The minimum atomic E-state index is -3.57. The molecular weight excluding hydrogens is 266 g/mol. The Balaban J connectivity index is 2.96. The number of carbonyl (C=O) groups excluding carboxylic acids is 1. The number of hydrogen-bond acceptors (Lipinski definition) is 4. The van der Waals surface area contributed by atoms with E-state index < -0.39 is 21.5 Å². The van der Waals surface area contributed by atoms with E-state index in [1.165, 1.54) is 30.3 Å². The van der Waals surface area contributed by atoms with Crippen molar-refractivity contribution in [2.75, 3.05) is 0 Å². The Labute approximate surface area is 113 Å². The summed E-state index contributed by atoms with van der Waals surface area (Å²) in [5.41, 5.74) is 0.0192. The molecule has 0 aliphatic rings. The van der Waals surface area contributed by atoms with E-state index in [1.807, 2.05) is 0 Å². The predicted molar refractivity (Wildman–Crippen MR) is 70.6 cm³/mol. The summed E-state index contributed by atoms with van der Waals surface area (Å²) in [6, 6.07) is 5.89. The van der Waals surface area contributed by atoms with Crippen molar-refractivity contribution in [3.63, 3.8) is 0 Å². The van der Waals surface area contributed by atoms with Crippen LogP contribution in [0.5, 0.6) is 0 Å². The van der Waals surface area contributed by atoms with Gasteiger partial charge in [0, 0.05) is 5.54 Å². The van der Waals surface area contributed by atoms with Gasteiger partial charge in [0.15, 0.2) is 0 Å². The number of hydrogen-bond donors (Lipinski definition) is 1. The highest BCUT2D eigenvalue weighted by molar-refractivity contribution is 7.89. The first kappa shape index (κ1) is 15.4. The molecule has 1 rings (SSSR count). The summed E-state index contributed by atoms with van der Waals surface area (Å²) >= 11 is 0. The number of carbonyl (C=O) groups is 1. The fraction of sp³-hybridized carbons (Fsp3) is 0.308. The molecule has 104 valence electrons. The second kappa shape index (κ2) is 5.54. The zero-order chi connectivity index (χ0) is 14.7. The van der Waals surface area contributed by atoms with Crippen LogP contribution in [0.4, 0.5) is 0 Å². The predicted octanol–water partition coefficient (Wildman–Crippen LogP) is 0.526. The first-order valence-electron chi connectivity index (χ1n) is 5.63. The lowest BCUT2D eigenvalue weighted by Gasteiger charge is -2.20. The fourth-order valence-electron chi connectivity index (χ4n) is 1.38. The summed E-state index contributed by atoms with van der Waals surface area (Å²) in [5, 5.41) is 10.3. The van der Waals surface area contributed by atoms with Crippen molar-refractivity contribution in [1.82, 2.24) is 4.72 Å². The van der Waals surface area contributed by atoms with Crippen LogP contribution < -0.4 is 9.83 Å². The second-order valence-electron chi connectivity index (χ2n) is 5.08. The van der Waals surface area contributed by atoms with Crippen LogP contribution in [0.1, 0.15) is 26.3 Å². The van der Waals surface area contributed by atoms with Crippen molar-refractivity contribution in [2.45, 2.75) is 31.2 Å². The molecule has 0 spiro atoms. The number of benzene rings is 1. The molecule has 0 heterocycles. The Kier molecular flexibility index (Phi) is 4.49. The average Bonchev–Trinajstić information content (AvgIpc) is 2.23. The Morgan fingerprint density at radius 3 is 2.16 bits per heavy atom. The summed E-state index contributed by atoms with van der Waals surface area (Å²) in [6.45, 7) is 5.25. The zero-order valence-corrected chi connectivity index (χ0v) is 11.8. The van der Waals surface area contributed by atoms with Gasteiger partial charge in [-0.3, -0.25) is 0 Å². The van der Waals surface area contributed by atoms with Crippen LogP contribution in [-0.4, -0.2) is 19.9 Å². The number of sulfonamides is 1. The number of aliphatic carboxylic acids is 1. The van der Waals surface area contributed by atoms with Gasteiger partial charge in [0.25, 0.3) is 0 Å². The van der Waals surface area contributed by atoms with Crippen molar-refractivity contribution in [2.24, 2.45) is 0 Å². The van der Waals surface area contributed by atoms with E-state index in [-0.39, 0.29) is 4.90 Å². The summed E-state index contributed by atoms with van der Waals surface area (Å²) in [7, 11) is -3.57. The van der Waals surface area contributed by atoms with Crippen molar-refractivity contribution < 1.29 is 18.3 Å². The molecule has 0 aromatic heterocycles. The van der Waals surface area contributed by atoms with Crippen LogP contribution in [0.2, 0.25) is 0 Å². The molecule has 5 nitrogen and oxygen atoms in total. The van der Waals surface area contributed by atoms with Crippen molar-refractivity contribution in [3.8, 4) is 0 Å². The number of nitrogens with one attached hydrogen (secondary N) is 1. The van der Waals surface area contributed by atoms with E-state index in [9.17, 15) is 18.3 Å². The van der Waals surface area contributed by atoms with E-state index in [4.69, 9.17) is 0 Å². The van der Waals surface area contributed by atoms with Crippen LogP contribution >= 0.6 is 0 Å². The molecule has 0 radical (unpaired) electrons. The molecule has 0 fully saturated rings. The fourth-order valence-corrected chi connectivity index (χ4v) is 2.80. The SMILES string of the molecule is CC(C)(C)NS(=O)(=O)c1ccc(C=CC(=O)[O-])cc1. The third kappa shape index (κ3) is 5.23. The number of carboxylic acid groups (broad SMARTS) is 1. The Morgan fingerprint density at radius 1 is 1.21 bits per heavy atom. The standard InChI is InChI=1S/C13H17NO4S/c1-13(2,3)14-19(17,18)11-7-4-10(5-8-11)6-9-12(15)16/h4-9,14H,1-3H3,(H,15,16)/p-1. The molecule has 19 heavy (non-hydrogen) atoms. The van der Waals surface area contributed by atoms with E-state index in [2.05, 4.69) is 4.72 Å². The molecule has 1 aromatic carbocycles. The van der Waals surface area contributed by atoms with Crippen LogP contribution in [0, 0.1) is 0 Å². The lowest BCUT2D eigenvalue weighted by Crippen LogP contribution is -2.40. The molecule has 0 atom stereocenters. The van der Waals surface area contributed by atoms with Gasteiger partial charge in [0.05, 0.1) is 10.9 Å². The van der Waals surface area contributed by atoms with Crippen LogP contribution in [-0.2, 0) is 14.8 Å². The van der Waals surface area contributed by atoms with Gasteiger partial charge in [-0.2, -0.15) is 0 Å². The maximum Gasteiger partial charge on any atom is 0.241 e. The summed E-state index contributed by atoms with van der Waals surface area (Å²) < 4.78 is 26.5. The average molecular weight is 282 g/mol. The highest BCUT2D eigenvalue weighted by Crippen LogP contribution is 2.14. The molecule has 1 aromatic rings. The van der Waals surface area contributed by atoms with Gasteiger partial charge >= 0.3 is 0 Å². The van der Waals surface area contributed by atoms with Gasteiger partial charge in [0.1, 0.15) is 0 Å². The third-order valence-electron chi connectivity index (χ3n) is 2.04. The van der Waals surface area contributed by atoms with Crippen molar-refractivity contribution in [1.29, 1.82) is 0 Å². The molecule has 0 saturated carbocycles. The molecule has 6 heteroatoms. The maximum atomic E-state index is 12.0. The second-order valence-corrected chi connectivity index (χ2v) is 6.76. The minimum Gasteiger partial charge on any atom is -0.545 e. The molecule has 0 bridgehead atoms. The highest BCUT2D eigenvalue weighted by atomic mass is 32.2. The van der Waals surface area contributed by atoms with Crippen molar-refractivity contribution >= 4 is 22.1 Å². The molecule has 0 saturated heterocycles. The smallest absolute Gasteiger partial charge is 0.241 e. The number of rotatable bonds is 4. The molecule has 0 amide bonds. The van der Waals surface area contributed by atoms with Gasteiger partial charge in [-0.05, 0) is 44.5 Å². The minimum absolute atomic E-state index is 0.132. The lowest BCUT2D eigenvalue weighted by atomic mass is 10.1. The molecular formula is C13H16NO4S-. The third-order valence-corrected chi connectivity index (χ3v) is 3.82. The number of carboxylic acids is 1. The van der Waals surface area contributed by atoms with Crippen molar-refractivity contribution in [3.05, 3.63) is 35.9 Å². The maximum absolute atomic E-state index is 12.0. The molecule has 1 N–H and O–H groups in total. The van der Waals surface area contributed by atoms with Crippen LogP contribution in [0.3, 0.4) is 0 Å². The highest BCUT2D eigenvalue weighted by Gasteiger charge is 2.21. The van der Waals surface area contributed by atoms with Crippen LogP contribution in [0.25, 0.3) is 6.08 Å². The Bertz CT molecular complexity index is 580. The molecule has 0 aliphatic carbocycles. The van der Waals surface area contributed by atoms with E-state index in [0.717, 1.165) is 6.08 Å². The first-order chi connectivity index (χ1) is 8.60. The van der Waals surface area contributed by atoms with E-state index in [1.54, 1.807) is 20.8 Å². The molecule has 0 aliphatic heterocycles. The normalized spacial score (nSPS) is 12.8. The Morgan fingerprint density at radius 2 is 1.74 bits per heavy atom. The first-order valence-corrected chi connectivity index (χ1v) is 7.12. The molecule has 0 unspecified atom stereocenters. The van der Waals surface area contributed by atoms with Gasteiger partial charge in [-0.25, -0.2) is 13.1 Å². The lowest BCUT2D eigenvalue weighted by molar-refractivity contribution is -0.297. The van der Waals surface area contributed by atoms with E-state index >= 15 is 0 Å². The monoisotopic (exact) mass is 282 g/mol. The quantitative estimate of drug-likeness (QED) is 0.816. The summed E-state index contributed by atoms with van der Waals surface area (Å²) in [4.78, 5) is 10.4. The largest absolute Gasteiger partial charge is 0.545 e. The van der Waals surface area contributed by atoms with Crippen LogP contribution in [0.15, 0.2) is 35.2 Å².